The third kappa shape index (κ3) is 45.5. The summed E-state index contributed by atoms with van der Waals surface area (Å²) in [6.45, 7) is 6.67. The molecule has 0 aliphatic heterocycles. The average molecular weight is 821 g/mol. The fourth-order valence-electron chi connectivity index (χ4n) is 7.92. The van der Waals surface area contributed by atoms with E-state index in [1.54, 1.807) is 0 Å². The van der Waals surface area contributed by atoms with Crippen LogP contribution in [-0.2, 0) is 28.6 Å². The Bertz CT molecular complexity index is 859. The number of unbranched alkanes of at least 4 members (excludes halogenated alkanes) is 37. The van der Waals surface area contributed by atoms with E-state index >= 15 is 0 Å². The lowest BCUT2D eigenvalue weighted by atomic mass is 10.0. The Morgan fingerprint density at radius 2 is 0.466 bits per heavy atom. The van der Waals surface area contributed by atoms with Crippen LogP contribution in [0.3, 0.4) is 0 Å². The van der Waals surface area contributed by atoms with Crippen LogP contribution in [0.15, 0.2) is 0 Å². The molecule has 0 saturated heterocycles. The summed E-state index contributed by atoms with van der Waals surface area (Å²) < 4.78 is 16.8. The number of hydrogen-bond donors (Lipinski definition) is 0. The molecule has 0 aliphatic carbocycles. The fourth-order valence-corrected chi connectivity index (χ4v) is 7.92. The van der Waals surface area contributed by atoms with Gasteiger partial charge in [-0.25, -0.2) is 0 Å². The van der Waals surface area contributed by atoms with Crippen LogP contribution >= 0.6 is 0 Å². The van der Waals surface area contributed by atoms with Gasteiger partial charge in [0.05, 0.1) is 0 Å². The molecule has 1 atom stereocenters. The molecule has 58 heavy (non-hydrogen) atoms. The fraction of sp³-hybridized carbons (Fsp3) is 0.942. The molecule has 0 radical (unpaired) electrons. The first kappa shape index (κ1) is 56.4. The Balaban J connectivity index is 4.28. The van der Waals surface area contributed by atoms with E-state index < -0.39 is 6.10 Å². The van der Waals surface area contributed by atoms with Gasteiger partial charge in [-0.15, -0.1) is 0 Å². The summed E-state index contributed by atoms with van der Waals surface area (Å²) in [7, 11) is 0. The minimum atomic E-state index is -0.759. The van der Waals surface area contributed by atoms with E-state index in [4.69, 9.17) is 14.2 Å². The number of carbonyl (C=O) groups excluding carboxylic acids is 3. The Morgan fingerprint density at radius 3 is 0.690 bits per heavy atom. The largest absolute Gasteiger partial charge is 0.462 e. The van der Waals surface area contributed by atoms with Crippen LogP contribution in [0.2, 0.25) is 0 Å². The van der Waals surface area contributed by atoms with Crippen molar-refractivity contribution < 1.29 is 28.6 Å². The summed E-state index contributed by atoms with van der Waals surface area (Å²) in [5, 5.41) is 0. The molecule has 0 heterocycles. The highest BCUT2D eigenvalue weighted by molar-refractivity contribution is 5.71. The van der Waals surface area contributed by atoms with Crippen LogP contribution in [0.25, 0.3) is 0 Å². The van der Waals surface area contributed by atoms with E-state index in [1.807, 2.05) is 0 Å². The van der Waals surface area contributed by atoms with Gasteiger partial charge in [-0.2, -0.15) is 0 Å². The normalized spacial score (nSPS) is 11.8. The van der Waals surface area contributed by atoms with Gasteiger partial charge in [-0.3, -0.25) is 14.4 Å². The van der Waals surface area contributed by atoms with Crippen LogP contribution in [0.4, 0.5) is 0 Å². The summed E-state index contributed by atoms with van der Waals surface area (Å²) in [4.78, 5) is 37.9. The summed E-state index contributed by atoms with van der Waals surface area (Å²) in [6.07, 6.45) is 50.8. The van der Waals surface area contributed by atoms with Crippen molar-refractivity contribution in [3.63, 3.8) is 0 Å². The molecule has 0 aromatic carbocycles. The third-order valence-electron chi connectivity index (χ3n) is 11.9. The van der Waals surface area contributed by atoms with Crippen molar-refractivity contribution in [2.75, 3.05) is 13.2 Å². The lowest BCUT2D eigenvalue weighted by molar-refractivity contribution is -0.167. The molecule has 0 amide bonds. The van der Waals surface area contributed by atoms with Crippen molar-refractivity contribution in [2.24, 2.45) is 0 Å². The zero-order valence-electron chi connectivity index (χ0n) is 39.3. The van der Waals surface area contributed by atoms with Gasteiger partial charge in [-0.1, -0.05) is 258 Å². The first-order valence-electron chi connectivity index (χ1n) is 26.0. The molecule has 0 aliphatic rings. The smallest absolute Gasteiger partial charge is 0.306 e. The maximum absolute atomic E-state index is 12.8. The Labute approximate surface area is 361 Å². The summed E-state index contributed by atoms with van der Waals surface area (Å²) >= 11 is 0. The zero-order chi connectivity index (χ0) is 42.3. The molecule has 0 fully saturated rings. The van der Waals surface area contributed by atoms with E-state index in [0.717, 1.165) is 57.8 Å². The van der Waals surface area contributed by atoms with Gasteiger partial charge in [0, 0.05) is 19.3 Å². The van der Waals surface area contributed by atoms with Crippen LogP contribution < -0.4 is 0 Å². The first-order valence-corrected chi connectivity index (χ1v) is 26.0. The van der Waals surface area contributed by atoms with Gasteiger partial charge in [0.1, 0.15) is 13.2 Å². The van der Waals surface area contributed by atoms with Crippen molar-refractivity contribution in [1.29, 1.82) is 0 Å². The number of carbonyl (C=O) groups is 3. The molecular weight excluding hydrogens is 721 g/mol. The Kier molecular flexibility index (Phi) is 46.8. The standard InChI is InChI=1S/C52H100O6/c1-4-7-10-13-16-19-22-24-25-26-27-28-31-34-37-40-43-46-52(55)58-49(47-56-50(53)44-41-38-35-32-29-21-18-15-12-9-6-3)48-57-51(54)45-42-39-36-33-30-23-20-17-14-11-8-5-2/h49H,4-48H2,1-3H3/t49-/m1/s1. The molecule has 0 saturated carbocycles. The van der Waals surface area contributed by atoms with Gasteiger partial charge in [0.2, 0.25) is 0 Å². The molecule has 0 N–H and O–H groups in total. The van der Waals surface area contributed by atoms with Crippen molar-refractivity contribution in [3.05, 3.63) is 0 Å². The molecule has 0 bridgehead atoms. The van der Waals surface area contributed by atoms with E-state index in [0.29, 0.717) is 19.3 Å². The monoisotopic (exact) mass is 821 g/mol. The first-order chi connectivity index (χ1) is 28.5. The number of rotatable bonds is 48. The molecule has 0 aromatic heterocycles. The predicted octanol–water partition coefficient (Wildman–Crippen LogP) is 16.8. The predicted molar refractivity (Wildman–Crippen MR) is 247 cm³/mol. The highest BCUT2D eigenvalue weighted by atomic mass is 16.6. The number of ether oxygens (including phenoxy) is 3. The SMILES string of the molecule is CCCCCCCCCCCCCCCCCCCC(=O)O[C@H](COC(=O)CCCCCCCCCCCCC)COC(=O)CCCCCCCCCCCCCC. The van der Waals surface area contributed by atoms with E-state index in [2.05, 4.69) is 20.8 Å². The highest BCUT2D eigenvalue weighted by Gasteiger charge is 2.19. The van der Waals surface area contributed by atoms with Gasteiger partial charge in [-0.05, 0) is 19.3 Å². The van der Waals surface area contributed by atoms with Crippen LogP contribution in [-0.4, -0.2) is 37.2 Å². The highest BCUT2D eigenvalue weighted by Crippen LogP contribution is 2.17. The van der Waals surface area contributed by atoms with E-state index in [-0.39, 0.29) is 31.1 Å². The third-order valence-corrected chi connectivity index (χ3v) is 11.9. The van der Waals surface area contributed by atoms with E-state index in [1.165, 1.54) is 199 Å². The van der Waals surface area contributed by atoms with Crippen molar-refractivity contribution in [1.82, 2.24) is 0 Å². The van der Waals surface area contributed by atoms with Gasteiger partial charge in [0.15, 0.2) is 6.10 Å². The van der Waals surface area contributed by atoms with Crippen molar-refractivity contribution >= 4 is 17.9 Å². The van der Waals surface area contributed by atoms with Crippen molar-refractivity contribution in [2.45, 2.75) is 303 Å². The number of esters is 3. The molecule has 6 heteroatoms. The van der Waals surface area contributed by atoms with Crippen LogP contribution in [0.1, 0.15) is 297 Å². The summed E-state index contributed by atoms with van der Waals surface area (Å²) in [5.74, 6) is -0.842. The summed E-state index contributed by atoms with van der Waals surface area (Å²) in [5.41, 5.74) is 0. The topological polar surface area (TPSA) is 78.9 Å². The molecule has 0 rings (SSSR count). The maximum Gasteiger partial charge on any atom is 0.306 e. The Hall–Kier alpha value is -1.59. The quantitative estimate of drug-likeness (QED) is 0.0346. The molecule has 6 nitrogen and oxygen atoms in total. The van der Waals surface area contributed by atoms with Gasteiger partial charge < -0.3 is 14.2 Å². The molecule has 0 unspecified atom stereocenters. The van der Waals surface area contributed by atoms with Crippen LogP contribution in [0.5, 0.6) is 0 Å². The second kappa shape index (κ2) is 48.1. The zero-order valence-corrected chi connectivity index (χ0v) is 39.3. The number of hydrogen-bond acceptors (Lipinski definition) is 6. The minimum Gasteiger partial charge on any atom is -0.462 e. The molecule has 0 aromatic rings. The molecule has 0 spiro atoms. The lowest BCUT2D eigenvalue weighted by Gasteiger charge is -2.18. The van der Waals surface area contributed by atoms with Gasteiger partial charge >= 0.3 is 17.9 Å². The average Bonchev–Trinajstić information content (AvgIpc) is 3.22. The molecule has 344 valence electrons. The second-order valence-corrected chi connectivity index (χ2v) is 17.8. The Morgan fingerprint density at radius 1 is 0.276 bits per heavy atom. The lowest BCUT2D eigenvalue weighted by Crippen LogP contribution is -2.30. The van der Waals surface area contributed by atoms with Crippen molar-refractivity contribution in [3.8, 4) is 0 Å². The molecular formula is C52H100O6. The maximum atomic E-state index is 12.8. The van der Waals surface area contributed by atoms with Crippen LogP contribution in [0, 0.1) is 0 Å². The van der Waals surface area contributed by atoms with E-state index in [9.17, 15) is 14.4 Å². The minimum absolute atomic E-state index is 0.0619. The van der Waals surface area contributed by atoms with Gasteiger partial charge in [0.25, 0.3) is 0 Å². The summed E-state index contributed by atoms with van der Waals surface area (Å²) in [6, 6.07) is 0. The second-order valence-electron chi connectivity index (χ2n) is 17.8.